The number of aromatic nitrogens is 1. The monoisotopic (exact) mass is 156 g/mol. The lowest BCUT2D eigenvalue weighted by Gasteiger charge is -2.01. The van der Waals surface area contributed by atoms with Crippen molar-refractivity contribution < 1.29 is 0 Å². The predicted octanol–water partition coefficient (Wildman–Crippen LogP) is 2.73. The van der Waals surface area contributed by atoms with Gasteiger partial charge in [0, 0.05) is 16.8 Å². The summed E-state index contributed by atoms with van der Waals surface area (Å²) in [7, 11) is 0. The quantitative estimate of drug-likeness (QED) is 0.571. The van der Waals surface area contributed by atoms with E-state index in [2.05, 4.69) is 24.0 Å². The molecule has 0 atom stereocenters. The number of benzene rings is 1. The van der Waals surface area contributed by atoms with Gasteiger partial charge in [-0.1, -0.05) is 24.3 Å². The summed E-state index contributed by atoms with van der Waals surface area (Å²) in [6.07, 6.45) is 0. The van der Waals surface area contributed by atoms with Crippen LogP contribution in [0.1, 0.15) is 11.4 Å². The predicted molar refractivity (Wildman–Crippen MR) is 50.9 cm³/mol. The molecule has 0 aliphatic rings. The Kier molecular flexibility index (Phi) is 1.58. The molecule has 0 N–H and O–H groups in total. The normalized spacial score (nSPS) is 10.5. The van der Waals surface area contributed by atoms with Crippen LogP contribution in [0.15, 0.2) is 30.3 Å². The summed E-state index contributed by atoms with van der Waals surface area (Å²) in [4.78, 5) is 4.29. The third-order valence-corrected chi connectivity index (χ3v) is 1.95. The lowest BCUT2D eigenvalue weighted by Crippen LogP contribution is -1.86. The van der Waals surface area contributed by atoms with Crippen molar-refractivity contribution in [2.75, 3.05) is 0 Å². The molecule has 1 aromatic heterocycles. The van der Waals surface area contributed by atoms with E-state index in [-0.39, 0.29) is 0 Å². The first-order valence-corrected chi connectivity index (χ1v) is 3.96. The maximum absolute atomic E-state index is 4.29. The van der Waals surface area contributed by atoms with Crippen LogP contribution in [0.2, 0.25) is 0 Å². The Hall–Kier alpha value is -1.37. The van der Waals surface area contributed by atoms with Crippen molar-refractivity contribution in [3.05, 3.63) is 48.6 Å². The topological polar surface area (TPSA) is 12.9 Å². The third-order valence-electron chi connectivity index (χ3n) is 1.95. The van der Waals surface area contributed by atoms with Crippen LogP contribution in [-0.4, -0.2) is 4.98 Å². The zero-order chi connectivity index (χ0) is 8.55. The van der Waals surface area contributed by atoms with Crippen LogP contribution in [0.25, 0.3) is 10.8 Å². The fraction of sp³-hybridized carbons (Fsp3) is 0.0909. The Morgan fingerprint density at radius 3 is 2.83 bits per heavy atom. The van der Waals surface area contributed by atoms with E-state index in [0.29, 0.717) is 0 Å². The summed E-state index contributed by atoms with van der Waals surface area (Å²) in [5.74, 6) is 0. The molecule has 0 unspecified atom stereocenters. The molecule has 1 nitrogen and oxygen atoms in total. The zero-order valence-corrected chi connectivity index (χ0v) is 7.04. The number of nitrogens with zero attached hydrogens (tertiary/aromatic N) is 1. The Bertz CT molecular complexity index is 418. The van der Waals surface area contributed by atoms with E-state index in [1.807, 2.05) is 25.1 Å². The highest BCUT2D eigenvalue weighted by molar-refractivity contribution is 5.85. The Morgan fingerprint density at radius 2 is 2.00 bits per heavy atom. The molecule has 0 aliphatic carbocycles. The van der Waals surface area contributed by atoms with Crippen molar-refractivity contribution in [2.24, 2.45) is 0 Å². The first-order chi connectivity index (χ1) is 5.77. The molecule has 0 spiro atoms. The average Bonchev–Trinajstić information content (AvgIpc) is 2.04. The van der Waals surface area contributed by atoms with E-state index in [4.69, 9.17) is 0 Å². The third kappa shape index (κ3) is 1.07. The van der Waals surface area contributed by atoms with Gasteiger partial charge in [-0.2, -0.15) is 0 Å². The van der Waals surface area contributed by atoms with Crippen LogP contribution in [0.5, 0.6) is 0 Å². The van der Waals surface area contributed by atoms with Crippen LogP contribution in [0, 0.1) is 13.8 Å². The highest BCUT2D eigenvalue weighted by Crippen LogP contribution is 2.16. The minimum atomic E-state index is 0.866. The number of rotatable bonds is 0. The van der Waals surface area contributed by atoms with Crippen LogP contribution in [-0.2, 0) is 0 Å². The highest BCUT2D eigenvalue weighted by atomic mass is 14.7. The first-order valence-electron chi connectivity index (χ1n) is 3.96. The van der Waals surface area contributed by atoms with Gasteiger partial charge in [-0.05, 0) is 25.3 Å². The summed E-state index contributed by atoms with van der Waals surface area (Å²) < 4.78 is 0. The Morgan fingerprint density at radius 1 is 1.25 bits per heavy atom. The second-order valence-electron chi connectivity index (χ2n) is 2.93. The van der Waals surface area contributed by atoms with E-state index in [9.17, 15) is 0 Å². The minimum Gasteiger partial charge on any atom is -0.258 e. The standard InChI is InChI=1S/C11H10N/c1-8-7-10-5-3-4-6-11(10)9(2)12-8/h3-7H,2H2,1H3. The number of aryl methyl sites for hydroxylation is 1. The smallest absolute Gasteiger partial charge is 0.0488 e. The van der Waals surface area contributed by atoms with Gasteiger partial charge in [-0.15, -0.1) is 0 Å². The van der Waals surface area contributed by atoms with E-state index >= 15 is 0 Å². The second-order valence-corrected chi connectivity index (χ2v) is 2.93. The Labute approximate surface area is 72.1 Å². The van der Waals surface area contributed by atoms with Crippen LogP contribution in [0.4, 0.5) is 0 Å². The molecule has 0 bridgehead atoms. The molecule has 2 aromatic rings. The van der Waals surface area contributed by atoms with Crippen LogP contribution >= 0.6 is 0 Å². The van der Waals surface area contributed by atoms with E-state index in [1.54, 1.807) is 0 Å². The van der Waals surface area contributed by atoms with Crippen molar-refractivity contribution in [2.45, 2.75) is 6.92 Å². The van der Waals surface area contributed by atoms with Gasteiger partial charge in [0.15, 0.2) is 0 Å². The molecule has 1 heterocycles. The minimum absolute atomic E-state index is 0.866. The van der Waals surface area contributed by atoms with Crippen molar-refractivity contribution in [1.29, 1.82) is 0 Å². The summed E-state index contributed by atoms with van der Waals surface area (Å²) in [5.41, 5.74) is 1.89. The number of pyridine rings is 1. The molecular formula is C11H10N. The summed E-state index contributed by atoms with van der Waals surface area (Å²) in [5, 5.41) is 2.36. The lowest BCUT2D eigenvalue weighted by atomic mass is 10.1. The molecule has 0 amide bonds. The first kappa shape index (κ1) is 7.29. The van der Waals surface area contributed by atoms with Gasteiger partial charge in [-0.25, -0.2) is 0 Å². The SMILES string of the molecule is [CH2]c1nc(C)cc2ccccc12. The molecule has 1 radical (unpaired) electrons. The zero-order valence-electron chi connectivity index (χ0n) is 7.04. The van der Waals surface area contributed by atoms with Crippen LogP contribution in [0.3, 0.4) is 0 Å². The molecule has 1 aromatic carbocycles. The van der Waals surface area contributed by atoms with Gasteiger partial charge in [0.1, 0.15) is 0 Å². The van der Waals surface area contributed by atoms with Crippen LogP contribution < -0.4 is 0 Å². The van der Waals surface area contributed by atoms with Gasteiger partial charge < -0.3 is 0 Å². The molecule has 0 fully saturated rings. The van der Waals surface area contributed by atoms with Crippen molar-refractivity contribution in [3.8, 4) is 0 Å². The van der Waals surface area contributed by atoms with Crippen molar-refractivity contribution in [3.63, 3.8) is 0 Å². The van der Waals surface area contributed by atoms with E-state index in [0.717, 1.165) is 16.8 Å². The van der Waals surface area contributed by atoms with Gasteiger partial charge in [0.2, 0.25) is 0 Å². The molecule has 0 saturated carbocycles. The maximum atomic E-state index is 4.29. The molecule has 0 saturated heterocycles. The summed E-state index contributed by atoms with van der Waals surface area (Å²) in [6, 6.07) is 10.2. The average molecular weight is 156 g/mol. The molecule has 1 heteroatoms. The largest absolute Gasteiger partial charge is 0.258 e. The molecule has 12 heavy (non-hydrogen) atoms. The summed E-state index contributed by atoms with van der Waals surface area (Å²) >= 11 is 0. The van der Waals surface area contributed by atoms with Gasteiger partial charge >= 0.3 is 0 Å². The highest BCUT2D eigenvalue weighted by Gasteiger charge is 1.97. The number of hydrogen-bond donors (Lipinski definition) is 0. The van der Waals surface area contributed by atoms with Crippen molar-refractivity contribution in [1.82, 2.24) is 4.98 Å². The van der Waals surface area contributed by atoms with Gasteiger partial charge in [0.25, 0.3) is 0 Å². The van der Waals surface area contributed by atoms with Crippen molar-refractivity contribution >= 4 is 10.8 Å². The van der Waals surface area contributed by atoms with Gasteiger partial charge in [0.05, 0.1) is 0 Å². The van der Waals surface area contributed by atoms with E-state index < -0.39 is 0 Å². The lowest BCUT2D eigenvalue weighted by molar-refractivity contribution is 1.19. The fourth-order valence-electron chi connectivity index (χ4n) is 1.42. The van der Waals surface area contributed by atoms with Gasteiger partial charge in [-0.3, -0.25) is 4.98 Å². The number of hydrogen-bond acceptors (Lipinski definition) is 1. The molecular weight excluding hydrogens is 146 g/mol. The fourth-order valence-corrected chi connectivity index (χ4v) is 1.42. The molecule has 59 valence electrons. The molecule has 0 aliphatic heterocycles. The maximum Gasteiger partial charge on any atom is 0.0488 e. The Balaban J connectivity index is 2.89. The second kappa shape index (κ2) is 2.59. The van der Waals surface area contributed by atoms with E-state index in [1.165, 1.54) is 5.39 Å². The molecule has 2 rings (SSSR count). The summed E-state index contributed by atoms with van der Waals surface area (Å²) in [6.45, 7) is 5.89. The number of fused-ring (bicyclic) bond motifs is 1.